The Balaban J connectivity index is 4.55. The number of hydrogen-bond acceptors (Lipinski definition) is 4. The average molecular weight is 216 g/mol. The fourth-order valence-electron chi connectivity index (χ4n) is 1.06. The lowest BCUT2D eigenvalue weighted by Gasteiger charge is -2.37. The maximum atomic E-state index is 11.7. The van der Waals surface area contributed by atoms with Crippen molar-refractivity contribution in [3.63, 3.8) is 0 Å². The van der Waals surface area contributed by atoms with Crippen molar-refractivity contribution >= 4 is 5.78 Å². The van der Waals surface area contributed by atoms with E-state index in [1.807, 2.05) is 20.8 Å². The Hall–Kier alpha value is -0.450. The van der Waals surface area contributed by atoms with Crippen LogP contribution in [0, 0.1) is 0 Å². The fourth-order valence-corrected chi connectivity index (χ4v) is 1.06. The van der Waals surface area contributed by atoms with Gasteiger partial charge in [0, 0.05) is 5.54 Å². The first kappa shape index (κ1) is 14.6. The summed E-state index contributed by atoms with van der Waals surface area (Å²) in [6, 6.07) is 0. The molecule has 0 aliphatic carbocycles. The summed E-state index contributed by atoms with van der Waals surface area (Å²) in [4.78, 5) is 13.5. The molecule has 0 aromatic carbocycles. The third kappa shape index (κ3) is 4.28. The van der Waals surface area contributed by atoms with Gasteiger partial charge in [0.15, 0.2) is 5.78 Å². The summed E-state index contributed by atoms with van der Waals surface area (Å²) in [5.74, 6) is -0.0573. The van der Waals surface area contributed by atoms with Crippen LogP contribution in [0.5, 0.6) is 0 Å². The lowest BCUT2D eigenvalue weighted by molar-refractivity contribution is -0.127. The van der Waals surface area contributed by atoms with Gasteiger partial charge in [0.1, 0.15) is 0 Å². The molecule has 0 aliphatic rings. The minimum atomic E-state index is -0.836. The van der Waals surface area contributed by atoms with Crippen molar-refractivity contribution in [3.8, 4) is 0 Å². The minimum absolute atomic E-state index is 0.0573. The molecule has 0 fully saturated rings. The molecule has 15 heavy (non-hydrogen) atoms. The van der Waals surface area contributed by atoms with Crippen LogP contribution in [0.1, 0.15) is 41.0 Å². The number of carbonyl (C=O) groups is 1. The average Bonchev–Trinajstić information content (AvgIpc) is 2.11. The van der Waals surface area contributed by atoms with E-state index in [1.165, 1.54) is 0 Å². The van der Waals surface area contributed by atoms with Gasteiger partial charge in [0.25, 0.3) is 0 Å². The molecular formula is C11H24N2O2. The first-order valence-corrected chi connectivity index (χ1v) is 5.33. The molecule has 0 spiro atoms. The van der Waals surface area contributed by atoms with E-state index >= 15 is 0 Å². The Kier molecular flexibility index (Phi) is 4.90. The van der Waals surface area contributed by atoms with Crippen LogP contribution in [-0.2, 0) is 4.79 Å². The van der Waals surface area contributed by atoms with Gasteiger partial charge >= 0.3 is 0 Å². The van der Waals surface area contributed by atoms with Crippen molar-refractivity contribution in [1.82, 2.24) is 4.90 Å². The molecule has 3 N–H and O–H groups in total. The number of Topliss-reactive ketones (excluding diaryl/α,β-unsaturated/α-hetero) is 1. The molecule has 0 saturated heterocycles. The molecule has 4 heteroatoms. The number of rotatable bonds is 6. The maximum absolute atomic E-state index is 11.7. The smallest absolute Gasteiger partial charge is 0.166 e. The number of carbonyl (C=O) groups excluding carboxylic acids is 1. The number of nitrogens with two attached hydrogens (primary N) is 1. The summed E-state index contributed by atoms with van der Waals surface area (Å²) in [5, 5.41) is 9.24. The van der Waals surface area contributed by atoms with Crippen LogP contribution >= 0.6 is 0 Å². The molecule has 0 radical (unpaired) electrons. The van der Waals surface area contributed by atoms with Crippen LogP contribution in [0.25, 0.3) is 0 Å². The van der Waals surface area contributed by atoms with Crippen molar-refractivity contribution in [1.29, 1.82) is 0 Å². The molecule has 0 bridgehead atoms. The minimum Gasteiger partial charge on any atom is -0.381 e. The molecule has 0 unspecified atom stereocenters. The number of hydrogen-bond donors (Lipinski definition) is 2. The monoisotopic (exact) mass is 216 g/mol. The topological polar surface area (TPSA) is 66.6 Å². The van der Waals surface area contributed by atoms with Crippen LogP contribution in [0.2, 0.25) is 0 Å². The summed E-state index contributed by atoms with van der Waals surface area (Å²) >= 11 is 0. The van der Waals surface area contributed by atoms with Gasteiger partial charge < -0.3 is 10.8 Å². The first-order chi connectivity index (χ1) is 6.65. The number of nitrogens with zero attached hydrogens (tertiary/aromatic N) is 1. The van der Waals surface area contributed by atoms with E-state index in [-0.39, 0.29) is 24.6 Å². The molecule has 0 heterocycles. The number of ketones is 1. The van der Waals surface area contributed by atoms with Gasteiger partial charge in [-0.05, 0) is 34.1 Å². The summed E-state index contributed by atoms with van der Waals surface area (Å²) in [6.45, 7) is 9.47. The molecule has 0 saturated carbocycles. The highest BCUT2D eigenvalue weighted by atomic mass is 16.3. The molecule has 0 amide bonds. The van der Waals surface area contributed by atoms with E-state index in [4.69, 9.17) is 5.73 Å². The summed E-state index contributed by atoms with van der Waals surface area (Å²) in [6.07, 6.45) is 0.867. The third-order valence-electron chi connectivity index (χ3n) is 2.95. The Morgan fingerprint density at radius 3 is 2.07 bits per heavy atom. The van der Waals surface area contributed by atoms with E-state index < -0.39 is 5.54 Å². The molecule has 4 nitrogen and oxygen atoms in total. The highest BCUT2D eigenvalue weighted by molar-refractivity contribution is 5.89. The van der Waals surface area contributed by atoms with Crippen LogP contribution in [0.15, 0.2) is 0 Å². The fraction of sp³-hybridized carbons (Fsp3) is 0.909. The quantitative estimate of drug-likeness (QED) is 0.642. The van der Waals surface area contributed by atoms with Crippen molar-refractivity contribution in [2.45, 2.75) is 52.1 Å². The van der Waals surface area contributed by atoms with Gasteiger partial charge in [-0.15, -0.1) is 0 Å². The van der Waals surface area contributed by atoms with E-state index in [2.05, 4.69) is 0 Å². The van der Waals surface area contributed by atoms with Gasteiger partial charge in [-0.3, -0.25) is 9.69 Å². The highest BCUT2D eigenvalue weighted by Crippen LogP contribution is 2.18. The zero-order chi connectivity index (χ0) is 12.3. The lowest BCUT2D eigenvalue weighted by Crippen LogP contribution is -2.53. The molecule has 0 aromatic rings. The summed E-state index contributed by atoms with van der Waals surface area (Å²) in [5.41, 5.74) is 4.69. The van der Waals surface area contributed by atoms with Crippen molar-refractivity contribution < 1.29 is 9.90 Å². The molecule has 90 valence electrons. The molecular weight excluding hydrogens is 192 g/mol. The first-order valence-electron chi connectivity index (χ1n) is 5.33. The van der Waals surface area contributed by atoms with Crippen LogP contribution < -0.4 is 5.73 Å². The lowest BCUT2D eigenvalue weighted by atomic mass is 9.96. The molecule has 0 aliphatic heterocycles. The van der Waals surface area contributed by atoms with E-state index in [9.17, 15) is 9.90 Å². The summed E-state index contributed by atoms with van der Waals surface area (Å²) in [7, 11) is 0. The summed E-state index contributed by atoms with van der Waals surface area (Å²) < 4.78 is 0. The largest absolute Gasteiger partial charge is 0.381 e. The Morgan fingerprint density at radius 2 is 1.80 bits per heavy atom. The Morgan fingerprint density at radius 1 is 1.33 bits per heavy atom. The van der Waals surface area contributed by atoms with Crippen molar-refractivity contribution in [3.05, 3.63) is 0 Å². The van der Waals surface area contributed by atoms with E-state index in [0.717, 1.165) is 6.42 Å². The van der Waals surface area contributed by atoms with Crippen molar-refractivity contribution in [2.24, 2.45) is 5.73 Å². The zero-order valence-corrected chi connectivity index (χ0v) is 10.5. The van der Waals surface area contributed by atoms with Gasteiger partial charge in [0.2, 0.25) is 0 Å². The standard InChI is InChI=1S/C11H24N2O2/c1-6-10(2,3)13(8-14)7-9(15)11(4,5)12/h14H,6-8,12H2,1-5H3. The molecule has 0 aromatic heterocycles. The van der Waals surface area contributed by atoms with E-state index in [0.29, 0.717) is 0 Å². The zero-order valence-electron chi connectivity index (χ0n) is 10.5. The van der Waals surface area contributed by atoms with Crippen LogP contribution in [-0.4, -0.2) is 40.1 Å². The van der Waals surface area contributed by atoms with E-state index in [1.54, 1.807) is 18.7 Å². The van der Waals surface area contributed by atoms with Gasteiger partial charge in [-0.1, -0.05) is 6.92 Å². The second-order valence-electron chi connectivity index (χ2n) is 5.15. The Labute approximate surface area is 92.4 Å². The van der Waals surface area contributed by atoms with Gasteiger partial charge in [0.05, 0.1) is 18.8 Å². The maximum Gasteiger partial charge on any atom is 0.166 e. The predicted molar refractivity (Wildman–Crippen MR) is 61.4 cm³/mol. The SMILES string of the molecule is CCC(C)(C)N(CO)CC(=O)C(C)(C)N. The van der Waals surface area contributed by atoms with Gasteiger partial charge in [-0.25, -0.2) is 0 Å². The molecule has 0 rings (SSSR count). The number of aliphatic hydroxyl groups is 1. The Bertz CT molecular complexity index is 219. The second-order valence-corrected chi connectivity index (χ2v) is 5.15. The van der Waals surface area contributed by atoms with Crippen LogP contribution in [0.3, 0.4) is 0 Å². The van der Waals surface area contributed by atoms with Gasteiger partial charge in [-0.2, -0.15) is 0 Å². The highest BCUT2D eigenvalue weighted by Gasteiger charge is 2.30. The van der Waals surface area contributed by atoms with Crippen molar-refractivity contribution in [2.75, 3.05) is 13.3 Å². The van der Waals surface area contributed by atoms with Crippen LogP contribution in [0.4, 0.5) is 0 Å². The second kappa shape index (κ2) is 5.05. The normalized spacial score (nSPS) is 13.3. The predicted octanol–water partition coefficient (Wildman–Crippen LogP) is 0.733. The number of aliphatic hydroxyl groups excluding tert-OH is 1. The molecule has 0 atom stereocenters. The third-order valence-corrected chi connectivity index (χ3v) is 2.95.